The molecule has 0 heterocycles. The number of aliphatic hydroxyl groups is 1. The van der Waals surface area contributed by atoms with Crippen LogP contribution in [0.2, 0.25) is 0 Å². The van der Waals surface area contributed by atoms with Crippen LogP contribution in [0.1, 0.15) is 30.6 Å². The van der Waals surface area contributed by atoms with E-state index >= 15 is 0 Å². The molecule has 0 aliphatic carbocycles. The quantitative estimate of drug-likeness (QED) is 0.676. The first kappa shape index (κ1) is 13.5. The molecule has 1 atom stereocenters. The maximum absolute atomic E-state index is 11.7. The fourth-order valence-electron chi connectivity index (χ4n) is 1.62. The fourth-order valence-corrected chi connectivity index (χ4v) is 1.62. The van der Waals surface area contributed by atoms with Crippen LogP contribution in [0.5, 0.6) is 0 Å². The van der Waals surface area contributed by atoms with Crippen LogP contribution < -0.4 is 11.1 Å². The van der Waals surface area contributed by atoms with Gasteiger partial charge >= 0.3 is 0 Å². The number of aliphatic hydroxyl groups excluding tert-OH is 1. The number of carbonyl (C=O) groups excluding carboxylic acids is 1. The van der Waals surface area contributed by atoms with Crippen LogP contribution >= 0.6 is 0 Å². The van der Waals surface area contributed by atoms with Gasteiger partial charge in [0.2, 0.25) is 0 Å². The first-order valence-corrected chi connectivity index (χ1v) is 5.81. The average Bonchev–Trinajstić information content (AvgIpc) is 2.25. The first-order chi connectivity index (χ1) is 7.99. The van der Waals surface area contributed by atoms with Gasteiger partial charge in [0.1, 0.15) is 0 Å². The summed E-state index contributed by atoms with van der Waals surface area (Å²) >= 11 is 0. The van der Waals surface area contributed by atoms with Crippen molar-refractivity contribution in [3.8, 4) is 0 Å². The van der Waals surface area contributed by atoms with E-state index in [9.17, 15) is 9.90 Å². The van der Waals surface area contributed by atoms with Crippen molar-refractivity contribution < 1.29 is 9.90 Å². The lowest BCUT2D eigenvalue weighted by Gasteiger charge is -2.13. The Morgan fingerprint density at radius 2 is 2.18 bits per heavy atom. The fraction of sp³-hybridized carbons (Fsp3) is 0.462. The van der Waals surface area contributed by atoms with Gasteiger partial charge in [-0.15, -0.1) is 0 Å². The minimum Gasteiger partial charge on any atom is -0.399 e. The number of hydrogen-bond donors (Lipinski definition) is 3. The Bertz CT molecular complexity index is 377. The molecule has 0 fully saturated rings. The lowest BCUT2D eigenvalue weighted by Crippen LogP contribution is -2.32. The summed E-state index contributed by atoms with van der Waals surface area (Å²) in [4.78, 5) is 11.7. The molecule has 0 aromatic heterocycles. The molecular formula is C13H20N2O2. The van der Waals surface area contributed by atoms with Crippen molar-refractivity contribution in [2.24, 2.45) is 5.92 Å². The maximum Gasteiger partial charge on any atom is 0.251 e. The molecule has 0 radical (unpaired) electrons. The molecule has 1 rings (SSSR count). The number of nitrogen functional groups attached to an aromatic ring is 1. The Kier molecular flexibility index (Phi) is 4.97. The van der Waals surface area contributed by atoms with Crippen LogP contribution in [0, 0.1) is 5.92 Å². The Labute approximate surface area is 102 Å². The molecule has 94 valence electrons. The Morgan fingerprint density at radius 1 is 1.47 bits per heavy atom. The highest BCUT2D eigenvalue weighted by molar-refractivity contribution is 5.94. The second-order valence-corrected chi connectivity index (χ2v) is 4.62. The van der Waals surface area contributed by atoms with E-state index in [-0.39, 0.29) is 12.5 Å². The number of benzene rings is 1. The van der Waals surface area contributed by atoms with Crippen molar-refractivity contribution >= 4 is 11.6 Å². The Hall–Kier alpha value is -1.55. The normalized spacial score (nSPS) is 12.5. The van der Waals surface area contributed by atoms with Crippen LogP contribution in [-0.2, 0) is 0 Å². The number of amides is 1. The topological polar surface area (TPSA) is 75.3 Å². The summed E-state index contributed by atoms with van der Waals surface area (Å²) in [5.74, 6) is 0.203. The highest BCUT2D eigenvalue weighted by atomic mass is 16.3. The minimum atomic E-state index is -0.500. The summed E-state index contributed by atoms with van der Waals surface area (Å²) in [7, 11) is 0. The predicted octanol–water partition coefficient (Wildman–Crippen LogP) is 1.41. The molecule has 1 amide bonds. The van der Waals surface area contributed by atoms with Gasteiger partial charge in [-0.25, -0.2) is 0 Å². The van der Waals surface area contributed by atoms with E-state index in [0.717, 1.165) is 0 Å². The van der Waals surface area contributed by atoms with Gasteiger partial charge in [0, 0.05) is 17.8 Å². The molecule has 4 heteroatoms. The van der Waals surface area contributed by atoms with Gasteiger partial charge < -0.3 is 16.2 Å². The zero-order valence-corrected chi connectivity index (χ0v) is 10.3. The van der Waals surface area contributed by atoms with Crippen LogP contribution in [-0.4, -0.2) is 23.7 Å². The second kappa shape index (κ2) is 6.25. The predicted molar refractivity (Wildman–Crippen MR) is 68.6 cm³/mol. The van der Waals surface area contributed by atoms with Gasteiger partial charge in [0.15, 0.2) is 0 Å². The van der Waals surface area contributed by atoms with E-state index < -0.39 is 6.10 Å². The molecular weight excluding hydrogens is 216 g/mol. The number of hydrogen-bond acceptors (Lipinski definition) is 3. The molecule has 0 saturated heterocycles. The van der Waals surface area contributed by atoms with E-state index in [4.69, 9.17) is 5.73 Å². The van der Waals surface area contributed by atoms with E-state index in [1.807, 2.05) is 13.8 Å². The average molecular weight is 236 g/mol. The van der Waals surface area contributed by atoms with Gasteiger partial charge in [0.05, 0.1) is 6.10 Å². The van der Waals surface area contributed by atoms with Gasteiger partial charge in [0.25, 0.3) is 5.91 Å². The summed E-state index contributed by atoms with van der Waals surface area (Å²) in [5, 5.41) is 12.3. The second-order valence-electron chi connectivity index (χ2n) is 4.62. The summed E-state index contributed by atoms with van der Waals surface area (Å²) < 4.78 is 0. The third kappa shape index (κ3) is 4.87. The molecule has 0 saturated carbocycles. The van der Waals surface area contributed by atoms with Crippen LogP contribution in [0.15, 0.2) is 24.3 Å². The highest BCUT2D eigenvalue weighted by Crippen LogP contribution is 2.07. The minimum absolute atomic E-state index is 0.208. The van der Waals surface area contributed by atoms with E-state index in [0.29, 0.717) is 23.6 Å². The molecule has 0 aliphatic heterocycles. The number of nitrogens with two attached hydrogens (primary N) is 1. The van der Waals surface area contributed by atoms with E-state index in [1.54, 1.807) is 24.3 Å². The molecule has 1 aromatic carbocycles. The molecule has 4 nitrogen and oxygen atoms in total. The SMILES string of the molecule is CC(C)CC(O)CNC(=O)c1cccc(N)c1. The summed E-state index contributed by atoms with van der Waals surface area (Å²) in [6.45, 7) is 4.33. The monoisotopic (exact) mass is 236 g/mol. The molecule has 1 unspecified atom stereocenters. The van der Waals surface area contributed by atoms with Crippen molar-refractivity contribution in [3.05, 3.63) is 29.8 Å². The molecule has 4 N–H and O–H groups in total. The third-order valence-corrected chi connectivity index (χ3v) is 2.39. The van der Waals surface area contributed by atoms with Gasteiger partial charge in [-0.05, 0) is 30.5 Å². The van der Waals surface area contributed by atoms with Crippen molar-refractivity contribution in [2.45, 2.75) is 26.4 Å². The first-order valence-electron chi connectivity index (χ1n) is 5.81. The zero-order valence-electron chi connectivity index (χ0n) is 10.3. The Balaban J connectivity index is 2.45. The number of nitrogens with one attached hydrogen (secondary N) is 1. The van der Waals surface area contributed by atoms with Crippen molar-refractivity contribution in [3.63, 3.8) is 0 Å². The van der Waals surface area contributed by atoms with E-state index in [1.165, 1.54) is 0 Å². The number of anilines is 1. The lowest BCUT2D eigenvalue weighted by molar-refractivity contribution is 0.0900. The summed E-state index contributed by atoms with van der Waals surface area (Å²) in [6.07, 6.45) is 0.178. The van der Waals surface area contributed by atoms with Crippen LogP contribution in [0.25, 0.3) is 0 Å². The van der Waals surface area contributed by atoms with Gasteiger partial charge in [-0.1, -0.05) is 19.9 Å². The van der Waals surface area contributed by atoms with Gasteiger partial charge in [-0.3, -0.25) is 4.79 Å². The molecule has 1 aromatic rings. The van der Waals surface area contributed by atoms with E-state index in [2.05, 4.69) is 5.32 Å². The van der Waals surface area contributed by atoms with Crippen molar-refractivity contribution in [2.75, 3.05) is 12.3 Å². The molecule has 17 heavy (non-hydrogen) atoms. The third-order valence-electron chi connectivity index (χ3n) is 2.39. The standard InChI is InChI=1S/C13H20N2O2/c1-9(2)6-12(16)8-15-13(17)10-4-3-5-11(14)7-10/h3-5,7,9,12,16H,6,8,14H2,1-2H3,(H,15,17). The summed E-state index contributed by atoms with van der Waals surface area (Å²) in [5.41, 5.74) is 6.66. The Morgan fingerprint density at radius 3 is 2.76 bits per heavy atom. The zero-order chi connectivity index (χ0) is 12.8. The number of carbonyl (C=O) groups is 1. The lowest BCUT2D eigenvalue weighted by atomic mass is 10.1. The maximum atomic E-state index is 11.7. The van der Waals surface area contributed by atoms with Crippen LogP contribution in [0.3, 0.4) is 0 Å². The summed E-state index contributed by atoms with van der Waals surface area (Å²) in [6, 6.07) is 6.77. The number of rotatable bonds is 5. The molecule has 0 aliphatic rings. The molecule has 0 bridgehead atoms. The molecule has 0 spiro atoms. The largest absolute Gasteiger partial charge is 0.399 e. The van der Waals surface area contributed by atoms with Gasteiger partial charge in [-0.2, -0.15) is 0 Å². The smallest absolute Gasteiger partial charge is 0.251 e. The van der Waals surface area contributed by atoms with Crippen molar-refractivity contribution in [1.29, 1.82) is 0 Å². The van der Waals surface area contributed by atoms with Crippen molar-refractivity contribution in [1.82, 2.24) is 5.32 Å². The highest BCUT2D eigenvalue weighted by Gasteiger charge is 2.10. The van der Waals surface area contributed by atoms with Crippen LogP contribution in [0.4, 0.5) is 5.69 Å².